The van der Waals surface area contributed by atoms with Gasteiger partial charge in [-0.05, 0) is 6.92 Å². The van der Waals surface area contributed by atoms with Gasteiger partial charge in [0.05, 0.1) is 18.1 Å². The molecule has 0 amide bonds. The normalized spacial score (nSPS) is 13.4. The first kappa shape index (κ1) is 11.6. The van der Waals surface area contributed by atoms with Crippen LogP contribution in [0.1, 0.15) is 6.92 Å². The molecule has 1 atom stereocenters. The lowest BCUT2D eigenvalue weighted by Crippen LogP contribution is -2.31. The van der Waals surface area contributed by atoms with E-state index in [1.54, 1.807) is 7.05 Å². The van der Waals surface area contributed by atoms with Gasteiger partial charge in [-0.2, -0.15) is 13.2 Å². The summed E-state index contributed by atoms with van der Waals surface area (Å²) >= 11 is 0. The highest BCUT2D eigenvalue weighted by atomic mass is 19.4. The average Bonchev–Trinajstić information content (AvgIpc) is 2.16. The maximum absolute atomic E-state index is 12.2. The molecular weight excluding hydrogens is 209 g/mol. The van der Waals surface area contributed by atoms with Gasteiger partial charge in [0.1, 0.15) is 5.75 Å². The summed E-state index contributed by atoms with van der Waals surface area (Å²) < 4.78 is 41.2. The van der Waals surface area contributed by atoms with Crippen LogP contribution in [-0.4, -0.2) is 24.3 Å². The number of anilines is 1. The van der Waals surface area contributed by atoms with Gasteiger partial charge in [-0.15, -0.1) is 0 Å². The van der Waals surface area contributed by atoms with E-state index in [4.69, 9.17) is 4.74 Å². The fourth-order valence-corrected chi connectivity index (χ4v) is 0.891. The van der Waals surface area contributed by atoms with Crippen LogP contribution < -0.4 is 10.1 Å². The first-order valence-electron chi connectivity index (χ1n) is 4.29. The average molecular weight is 220 g/mol. The summed E-state index contributed by atoms with van der Waals surface area (Å²) in [6.45, 7) is 0.950. The summed E-state index contributed by atoms with van der Waals surface area (Å²) in [6, 6.07) is 1.45. The Balaban J connectivity index is 2.72. The van der Waals surface area contributed by atoms with Gasteiger partial charge in [0.25, 0.3) is 0 Å². The molecule has 0 saturated heterocycles. The quantitative estimate of drug-likeness (QED) is 0.849. The molecule has 0 bridgehead atoms. The molecule has 1 heterocycles. The molecule has 0 aromatic carbocycles. The summed E-state index contributed by atoms with van der Waals surface area (Å²) in [6.07, 6.45) is -3.48. The topological polar surface area (TPSA) is 34.2 Å². The number of alkyl halides is 3. The molecule has 6 heteroatoms. The summed E-state index contributed by atoms with van der Waals surface area (Å²) in [5, 5.41) is 2.76. The Morgan fingerprint density at radius 3 is 2.60 bits per heavy atom. The van der Waals surface area contributed by atoms with Crippen molar-refractivity contribution >= 4 is 5.69 Å². The largest absolute Gasteiger partial charge is 0.480 e. The zero-order valence-corrected chi connectivity index (χ0v) is 8.30. The summed E-state index contributed by atoms with van der Waals surface area (Å²) in [7, 11) is 1.65. The predicted octanol–water partition coefficient (Wildman–Crippen LogP) is 2.45. The highest BCUT2D eigenvalue weighted by Crippen LogP contribution is 2.25. The molecule has 0 saturated carbocycles. The summed E-state index contributed by atoms with van der Waals surface area (Å²) in [5.74, 6) is 0.0895. The molecule has 1 aromatic rings. The molecule has 0 spiro atoms. The smallest absolute Gasteiger partial charge is 0.425 e. The van der Waals surface area contributed by atoms with Crippen molar-refractivity contribution in [3.8, 4) is 5.75 Å². The van der Waals surface area contributed by atoms with Gasteiger partial charge in [0.2, 0.25) is 0 Å². The molecule has 0 radical (unpaired) electrons. The Morgan fingerprint density at radius 2 is 2.07 bits per heavy atom. The number of nitrogens with one attached hydrogen (secondary N) is 1. The van der Waals surface area contributed by atoms with Gasteiger partial charge in [-0.1, -0.05) is 0 Å². The van der Waals surface area contributed by atoms with E-state index in [1.165, 1.54) is 18.5 Å². The van der Waals surface area contributed by atoms with E-state index in [2.05, 4.69) is 10.3 Å². The molecular formula is C9H11F3N2O. The van der Waals surface area contributed by atoms with Crippen LogP contribution in [0, 0.1) is 0 Å². The lowest BCUT2D eigenvalue weighted by molar-refractivity contribution is -0.189. The minimum absolute atomic E-state index is 0.0895. The summed E-state index contributed by atoms with van der Waals surface area (Å²) in [5.41, 5.74) is 0.599. The monoisotopic (exact) mass is 220 g/mol. The second-order valence-electron chi connectivity index (χ2n) is 2.96. The summed E-state index contributed by atoms with van der Waals surface area (Å²) in [4.78, 5) is 3.74. The van der Waals surface area contributed by atoms with Crippen LogP contribution in [0.5, 0.6) is 5.75 Å². The van der Waals surface area contributed by atoms with E-state index < -0.39 is 12.3 Å². The SMILES string of the molecule is CNc1cncc(OC(C)C(F)(F)F)c1. The van der Waals surface area contributed by atoms with E-state index in [-0.39, 0.29) is 5.75 Å². The van der Waals surface area contributed by atoms with Crippen LogP contribution >= 0.6 is 0 Å². The standard InChI is InChI=1S/C9H11F3N2O/c1-6(9(10,11)12)15-8-3-7(13-2)4-14-5-8/h3-6,13H,1-2H3. The Labute approximate surface area is 85.3 Å². The minimum atomic E-state index is -4.37. The Hall–Kier alpha value is -1.46. The van der Waals surface area contributed by atoms with Crippen molar-refractivity contribution in [2.24, 2.45) is 0 Å². The lowest BCUT2D eigenvalue weighted by Gasteiger charge is -2.17. The van der Waals surface area contributed by atoms with E-state index in [0.717, 1.165) is 6.92 Å². The lowest BCUT2D eigenvalue weighted by atomic mass is 10.3. The van der Waals surface area contributed by atoms with Crippen LogP contribution in [0.2, 0.25) is 0 Å². The Morgan fingerprint density at radius 1 is 1.40 bits per heavy atom. The number of halogens is 3. The third-order valence-electron chi connectivity index (χ3n) is 1.78. The molecule has 1 rings (SSSR count). The highest BCUT2D eigenvalue weighted by Gasteiger charge is 2.38. The van der Waals surface area contributed by atoms with Crippen LogP contribution in [0.4, 0.5) is 18.9 Å². The van der Waals surface area contributed by atoms with Crippen molar-refractivity contribution in [2.45, 2.75) is 19.2 Å². The fraction of sp³-hybridized carbons (Fsp3) is 0.444. The second-order valence-corrected chi connectivity index (χ2v) is 2.96. The van der Waals surface area contributed by atoms with Crippen molar-refractivity contribution < 1.29 is 17.9 Å². The highest BCUT2D eigenvalue weighted by molar-refractivity contribution is 5.44. The fourth-order valence-electron chi connectivity index (χ4n) is 0.891. The van der Waals surface area contributed by atoms with E-state index >= 15 is 0 Å². The van der Waals surface area contributed by atoms with Crippen LogP contribution in [0.15, 0.2) is 18.5 Å². The van der Waals surface area contributed by atoms with Gasteiger partial charge >= 0.3 is 6.18 Å². The molecule has 1 aromatic heterocycles. The molecule has 0 aliphatic rings. The van der Waals surface area contributed by atoms with Gasteiger partial charge < -0.3 is 10.1 Å². The van der Waals surface area contributed by atoms with Crippen molar-refractivity contribution in [3.63, 3.8) is 0 Å². The molecule has 84 valence electrons. The first-order chi connectivity index (χ1) is 6.93. The predicted molar refractivity (Wildman–Crippen MR) is 49.9 cm³/mol. The zero-order chi connectivity index (χ0) is 11.5. The molecule has 0 aliphatic heterocycles. The van der Waals surface area contributed by atoms with E-state index in [9.17, 15) is 13.2 Å². The number of nitrogens with zero attached hydrogens (tertiary/aromatic N) is 1. The Kier molecular flexibility index (Phi) is 3.39. The molecule has 0 fully saturated rings. The van der Waals surface area contributed by atoms with E-state index in [0.29, 0.717) is 5.69 Å². The molecule has 3 nitrogen and oxygen atoms in total. The Bertz CT molecular complexity index is 327. The van der Waals surface area contributed by atoms with Crippen molar-refractivity contribution in [2.75, 3.05) is 12.4 Å². The third-order valence-corrected chi connectivity index (χ3v) is 1.78. The van der Waals surface area contributed by atoms with Gasteiger partial charge in [0, 0.05) is 13.1 Å². The molecule has 1 unspecified atom stereocenters. The maximum Gasteiger partial charge on any atom is 0.425 e. The van der Waals surface area contributed by atoms with Crippen LogP contribution in [0.25, 0.3) is 0 Å². The minimum Gasteiger partial charge on any atom is -0.480 e. The second kappa shape index (κ2) is 4.37. The van der Waals surface area contributed by atoms with Crippen molar-refractivity contribution in [1.82, 2.24) is 4.98 Å². The zero-order valence-electron chi connectivity index (χ0n) is 8.30. The molecule has 1 N–H and O–H groups in total. The number of ether oxygens (including phenoxy) is 1. The van der Waals surface area contributed by atoms with Crippen LogP contribution in [0.3, 0.4) is 0 Å². The van der Waals surface area contributed by atoms with Gasteiger partial charge in [-0.25, -0.2) is 0 Å². The first-order valence-corrected chi connectivity index (χ1v) is 4.29. The van der Waals surface area contributed by atoms with E-state index in [1.807, 2.05) is 0 Å². The van der Waals surface area contributed by atoms with Gasteiger partial charge in [0.15, 0.2) is 6.10 Å². The van der Waals surface area contributed by atoms with Crippen molar-refractivity contribution in [3.05, 3.63) is 18.5 Å². The number of hydrogen-bond acceptors (Lipinski definition) is 3. The maximum atomic E-state index is 12.2. The number of hydrogen-bond donors (Lipinski definition) is 1. The van der Waals surface area contributed by atoms with Crippen molar-refractivity contribution in [1.29, 1.82) is 0 Å². The number of pyridine rings is 1. The third kappa shape index (κ3) is 3.30. The molecule has 15 heavy (non-hydrogen) atoms. The van der Waals surface area contributed by atoms with Crippen LogP contribution in [-0.2, 0) is 0 Å². The number of rotatable bonds is 3. The molecule has 0 aliphatic carbocycles. The van der Waals surface area contributed by atoms with Gasteiger partial charge in [-0.3, -0.25) is 4.98 Å². The number of aromatic nitrogens is 1.